The van der Waals surface area contributed by atoms with E-state index in [9.17, 15) is 4.79 Å². The third kappa shape index (κ3) is 2.26. The van der Waals surface area contributed by atoms with Crippen molar-refractivity contribution in [1.82, 2.24) is 9.80 Å². The average Bonchev–Trinajstić information content (AvgIpc) is 2.81. The zero-order chi connectivity index (χ0) is 12.4. The number of allylic oxidation sites excluding steroid dienone is 2. The van der Waals surface area contributed by atoms with Crippen LogP contribution in [0.2, 0.25) is 0 Å². The van der Waals surface area contributed by atoms with Gasteiger partial charge >= 0.3 is 0 Å². The van der Waals surface area contributed by atoms with Crippen molar-refractivity contribution in [2.24, 2.45) is 0 Å². The predicted octanol–water partition coefficient (Wildman–Crippen LogP) is 0.837. The highest BCUT2D eigenvalue weighted by Gasteiger charge is 2.31. The first-order chi connectivity index (χ1) is 8.13. The van der Waals surface area contributed by atoms with E-state index in [2.05, 4.69) is 0 Å². The van der Waals surface area contributed by atoms with Crippen molar-refractivity contribution in [2.75, 3.05) is 26.7 Å². The van der Waals surface area contributed by atoms with Crippen LogP contribution in [0.15, 0.2) is 23.8 Å². The summed E-state index contributed by atoms with van der Waals surface area (Å²) in [6.45, 7) is 3.88. The summed E-state index contributed by atoms with van der Waals surface area (Å²) in [4.78, 5) is 15.2. The molecule has 0 aromatic heterocycles. The molecule has 0 aromatic carbocycles. The Balaban J connectivity index is 2.13. The van der Waals surface area contributed by atoms with Crippen LogP contribution in [0.4, 0.5) is 0 Å². The molecule has 0 aromatic rings. The minimum absolute atomic E-state index is 0.199. The van der Waals surface area contributed by atoms with E-state index < -0.39 is 0 Å². The van der Waals surface area contributed by atoms with E-state index in [1.165, 1.54) is 4.90 Å². The van der Waals surface area contributed by atoms with E-state index in [1.54, 1.807) is 12.2 Å². The Morgan fingerprint density at radius 3 is 2.76 bits per heavy atom. The maximum atomic E-state index is 11.8. The van der Waals surface area contributed by atoms with Crippen molar-refractivity contribution < 1.29 is 14.3 Å². The minimum atomic E-state index is -0.199. The molecule has 5 nitrogen and oxygen atoms in total. The first-order valence-corrected chi connectivity index (χ1v) is 5.84. The van der Waals surface area contributed by atoms with E-state index in [0.29, 0.717) is 13.2 Å². The maximum absolute atomic E-state index is 11.8. The molecule has 2 fully saturated rings. The summed E-state index contributed by atoms with van der Waals surface area (Å²) >= 11 is 4.95. The molecular weight excluding hydrogens is 240 g/mol. The van der Waals surface area contributed by atoms with Gasteiger partial charge in [0, 0.05) is 19.7 Å². The number of carbonyl (C=O) groups excluding carboxylic acids is 1. The Morgan fingerprint density at radius 1 is 1.47 bits per heavy atom. The molecule has 2 saturated heterocycles. The van der Waals surface area contributed by atoms with E-state index in [1.807, 2.05) is 18.9 Å². The average molecular weight is 254 g/mol. The van der Waals surface area contributed by atoms with Crippen molar-refractivity contribution in [3.8, 4) is 0 Å². The van der Waals surface area contributed by atoms with E-state index in [4.69, 9.17) is 21.7 Å². The van der Waals surface area contributed by atoms with Crippen molar-refractivity contribution >= 4 is 23.3 Å². The van der Waals surface area contributed by atoms with Gasteiger partial charge in [0.2, 0.25) is 0 Å². The second-order valence-corrected chi connectivity index (χ2v) is 4.07. The van der Waals surface area contributed by atoms with Crippen LogP contribution in [0.1, 0.15) is 6.92 Å². The largest absolute Gasteiger partial charge is 0.477 e. The molecule has 0 radical (unpaired) electrons. The lowest BCUT2D eigenvalue weighted by molar-refractivity contribution is -0.122. The van der Waals surface area contributed by atoms with Gasteiger partial charge in [-0.15, -0.1) is 0 Å². The van der Waals surface area contributed by atoms with Gasteiger partial charge in [-0.25, -0.2) is 0 Å². The van der Waals surface area contributed by atoms with Gasteiger partial charge in [-0.2, -0.15) is 0 Å². The first kappa shape index (κ1) is 11.9. The van der Waals surface area contributed by atoms with Crippen LogP contribution in [-0.2, 0) is 14.3 Å². The summed E-state index contributed by atoms with van der Waals surface area (Å²) in [5.74, 6) is 0.776. The first-order valence-electron chi connectivity index (χ1n) is 5.43. The van der Waals surface area contributed by atoms with Crippen LogP contribution in [0.3, 0.4) is 0 Å². The zero-order valence-electron chi connectivity index (χ0n) is 9.80. The van der Waals surface area contributed by atoms with Crippen LogP contribution in [0.5, 0.6) is 0 Å². The quantitative estimate of drug-likeness (QED) is 0.539. The number of rotatable bonds is 2. The van der Waals surface area contributed by atoms with Crippen LogP contribution in [0.25, 0.3) is 0 Å². The Morgan fingerprint density at radius 2 is 2.24 bits per heavy atom. The summed E-state index contributed by atoms with van der Waals surface area (Å²) in [6, 6.07) is 0. The van der Waals surface area contributed by atoms with Crippen LogP contribution >= 0.6 is 12.2 Å². The zero-order valence-corrected chi connectivity index (χ0v) is 10.6. The van der Waals surface area contributed by atoms with Crippen molar-refractivity contribution in [1.29, 1.82) is 0 Å². The fourth-order valence-electron chi connectivity index (χ4n) is 1.62. The van der Waals surface area contributed by atoms with Crippen LogP contribution in [0, 0.1) is 0 Å². The smallest absolute Gasteiger partial charge is 0.297 e. The molecule has 0 aliphatic carbocycles. The van der Waals surface area contributed by atoms with Gasteiger partial charge in [-0.3, -0.25) is 9.69 Å². The number of carbonyl (C=O) groups is 1. The number of likely N-dealkylation sites (N-methyl/N-ethyl adjacent to an activating group) is 2. The number of nitrogens with zero attached hydrogens (tertiary/aromatic N) is 2. The number of hydrogen-bond donors (Lipinski definition) is 0. The molecule has 0 N–H and O–H groups in total. The maximum Gasteiger partial charge on any atom is 0.297 e. The summed E-state index contributed by atoms with van der Waals surface area (Å²) in [6.07, 6.45) is 3.32. The highest BCUT2D eigenvalue weighted by molar-refractivity contribution is 7.80. The van der Waals surface area contributed by atoms with Gasteiger partial charge in [0.15, 0.2) is 11.6 Å². The highest BCUT2D eigenvalue weighted by atomic mass is 32.1. The highest BCUT2D eigenvalue weighted by Crippen LogP contribution is 2.18. The van der Waals surface area contributed by atoms with E-state index >= 15 is 0 Å². The Kier molecular flexibility index (Phi) is 3.33. The van der Waals surface area contributed by atoms with Gasteiger partial charge < -0.3 is 14.4 Å². The Labute approximate surface area is 105 Å². The minimum Gasteiger partial charge on any atom is -0.477 e. The normalized spacial score (nSPS) is 24.8. The predicted molar refractivity (Wildman–Crippen MR) is 65.8 cm³/mol. The second-order valence-electron chi connectivity index (χ2n) is 3.72. The summed E-state index contributed by atoms with van der Waals surface area (Å²) < 4.78 is 10.6. The molecule has 0 bridgehead atoms. The van der Waals surface area contributed by atoms with Crippen LogP contribution in [-0.4, -0.2) is 47.6 Å². The van der Waals surface area contributed by atoms with Gasteiger partial charge in [-0.1, -0.05) is 0 Å². The number of ether oxygens (including phenoxy) is 2. The van der Waals surface area contributed by atoms with E-state index in [0.717, 1.165) is 12.4 Å². The van der Waals surface area contributed by atoms with Crippen molar-refractivity contribution in [2.45, 2.75) is 6.92 Å². The number of hydrogen-bond acceptors (Lipinski definition) is 5. The van der Waals surface area contributed by atoms with Gasteiger partial charge in [0.1, 0.15) is 6.61 Å². The molecule has 2 aliphatic heterocycles. The molecule has 0 saturated carbocycles. The lowest BCUT2D eigenvalue weighted by Gasteiger charge is -2.07. The van der Waals surface area contributed by atoms with Gasteiger partial charge in [-0.05, 0) is 25.2 Å². The molecule has 2 rings (SSSR count). The molecule has 6 heteroatoms. The standard InChI is InChI=1S/C11H14N2O3S/c1-3-13-10(14)8(16-11(13)17)4-5-9-12(2)6-7-15-9/h4-5H,3,6-7H2,1-2H3/b8-4+,9-5+. The number of thiocarbonyl (C=S) groups is 1. The lowest BCUT2D eigenvalue weighted by Crippen LogP contribution is -2.27. The van der Waals surface area contributed by atoms with Crippen LogP contribution < -0.4 is 0 Å². The Bertz CT molecular complexity index is 417. The van der Waals surface area contributed by atoms with Gasteiger partial charge in [0.25, 0.3) is 11.1 Å². The molecular formula is C11H14N2O3S. The summed E-state index contributed by atoms with van der Waals surface area (Å²) in [5.41, 5.74) is 0. The SMILES string of the molecule is CCN1C(=O)/C(=C\C=C2\OCCN2C)OC1=S. The topological polar surface area (TPSA) is 42.0 Å². The monoisotopic (exact) mass is 254 g/mol. The fourth-order valence-corrected chi connectivity index (χ4v) is 1.92. The third-order valence-corrected chi connectivity index (χ3v) is 2.92. The molecule has 17 heavy (non-hydrogen) atoms. The molecule has 2 aliphatic rings. The van der Waals surface area contributed by atoms with Crippen molar-refractivity contribution in [3.05, 3.63) is 23.8 Å². The molecule has 2 heterocycles. The van der Waals surface area contributed by atoms with E-state index in [-0.39, 0.29) is 16.8 Å². The lowest BCUT2D eigenvalue weighted by atomic mass is 10.4. The molecule has 0 unspecified atom stereocenters. The second kappa shape index (κ2) is 4.75. The van der Waals surface area contributed by atoms with Gasteiger partial charge in [0.05, 0.1) is 6.54 Å². The molecule has 0 atom stereocenters. The molecule has 92 valence electrons. The summed E-state index contributed by atoms with van der Waals surface area (Å²) in [7, 11) is 1.93. The third-order valence-electron chi connectivity index (χ3n) is 2.62. The fraction of sp³-hybridized carbons (Fsp3) is 0.455. The number of amides is 1. The molecule has 1 amide bonds. The summed E-state index contributed by atoms with van der Waals surface area (Å²) in [5, 5.41) is 0.211. The van der Waals surface area contributed by atoms with Crippen molar-refractivity contribution in [3.63, 3.8) is 0 Å². The molecule has 0 spiro atoms. The Hall–Kier alpha value is -1.56.